The first-order chi connectivity index (χ1) is 9.34. The van der Waals surface area contributed by atoms with Crippen molar-refractivity contribution < 1.29 is 42.4 Å². The lowest BCUT2D eigenvalue weighted by Crippen LogP contribution is -2.16. The number of halogens is 7. The molecule has 0 heterocycles. The maximum Gasteiger partial charge on any atom is 0.417 e. The highest BCUT2D eigenvalue weighted by Gasteiger charge is 2.41. The van der Waals surface area contributed by atoms with Gasteiger partial charge in [0.1, 0.15) is 0 Å². The van der Waals surface area contributed by atoms with Crippen LogP contribution in [0.15, 0.2) is 12.1 Å². The zero-order valence-corrected chi connectivity index (χ0v) is 11.8. The number of rotatable bonds is 3. The predicted octanol–water partition coefficient (Wildman–Crippen LogP) is 3.72. The van der Waals surface area contributed by atoms with Gasteiger partial charge in [-0.05, 0) is 17.7 Å². The third-order valence-electron chi connectivity index (χ3n) is 2.28. The molecule has 0 saturated carbocycles. The Morgan fingerprint density at radius 1 is 1.05 bits per heavy atom. The van der Waals surface area contributed by atoms with E-state index in [-0.39, 0.29) is 12.1 Å². The van der Waals surface area contributed by atoms with Crippen LogP contribution in [0.3, 0.4) is 0 Å². The molecule has 11 heteroatoms. The Morgan fingerprint density at radius 2 is 1.57 bits per heavy atom. The Balaban J connectivity index is 3.79. The van der Waals surface area contributed by atoms with Gasteiger partial charge < -0.3 is 5.11 Å². The topological polar surface area (TPSA) is 71.4 Å². The Hall–Kier alpha value is -1.40. The van der Waals surface area contributed by atoms with E-state index in [1.165, 1.54) is 0 Å². The van der Waals surface area contributed by atoms with E-state index in [4.69, 9.17) is 5.11 Å². The van der Waals surface area contributed by atoms with Gasteiger partial charge >= 0.3 is 38.1 Å². The third kappa shape index (κ3) is 4.28. The number of hydrogen-bond donors (Lipinski definition) is 1. The minimum atomic E-state index is -5.35. The van der Waals surface area contributed by atoms with Crippen LogP contribution in [0, 0.1) is 3.57 Å². The van der Waals surface area contributed by atoms with Crippen LogP contribution in [0.4, 0.5) is 26.3 Å². The number of aliphatic carboxylic acids is 1. The summed E-state index contributed by atoms with van der Waals surface area (Å²) in [6.45, 7) is 0. The number of alkyl halides is 6. The summed E-state index contributed by atoms with van der Waals surface area (Å²) >= 11 is -4.87. The van der Waals surface area contributed by atoms with Crippen molar-refractivity contribution in [3.8, 4) is 0 Å². The maximum absolute atomic E-state index is 12.7. The van der Waals surface area contributed by atoms with Gasteiger partial charge in [-0.3, -0.25) is 4.79 Å². The smallest absolute Gasteiger partial charge is 0.417 e. The lowest BCUT2D eigenvalue weighted by molar-refractivity contribution is -0.144. The average Bonchev–Trinajstić information content (AvgIpc) is 2.23. The second-order valence-corrected chi connectivity index (χ2v) is 6.10. The van der Waals surface area contributed by atoms with Gasteiger partial charge in [-0.2, -0.15) is 26.3 Å². The Kier molecular flexibility index (Phi) is 4.85. The van der Waals surface area contributed by atoms with Crippen molar-refractivity contribution in [1.29, 1.82) is 0 Å². The molecule has 0 saturated heterocycles. The van der Waals surface area contributed by atoms with Crippen LogP contribution in [0.5, 0.6) is 0 Å². The van der Waals surface area contributed by atoms with Crippen molar-refractivity contribution in [2.24, 2.45) is 0 Å². The molecule has 4 nitrogen and oxygen atoms in total. The Morgan fingerprint density at radius 3 is 1.90 bits per heavy atom. The van der Waals surface area contributed by atoms with Crippen LogP contribution in [-0.2, 0) is 29.7 Å². The lowest BCUT2D eigenvalue weighted by Gasteiger charge is -2.15. The lowest BCUT2D eigenvalue weighted by atomic mass is 10.0. The molecule has 0 radical (unpaired) electrons. The molecule has 0 atom stereocenters. The number of benzene rings is 1. The third-order valence-corrected chi connectivity index (χ3v) is 4.43. The van der Waals surface area contributed by atoms with Crippen molar-refractivity contribution in [2.75, 3.05) is 0 Å². The van der Waals surface area contributed by atoms with Crippen molar-refractivity contribution in [3.63, 3.8) is 0 Å². The largest absolute Gasteiger partial charge is 0.481 e. The molecule has 21 heavy (non-hydrogen) atoms. The molecule has 0 aromatic heterocycles. The molecule has 0 unspecified atom stereocenters. The summed E-state index contributed by atoms with van der Waals surface area (Å²) in [6, 6.07) is -0.222. The summed E-state index contributed by atoms with van der Waals surface area (Å²) in [4.78, 5) is 10.5. The first-order valence-corrected chi connectivity index (χ1v) is 7.76. The van der Waals surface area contributed by atoms with E-state index >= 15 is 0 Å². The van der Waals surface area contributed by atoms with Crippen LogP contribution in [0.1, 0.15) is 16.7 Å². The molecular formula is C10H5F6IO4. The quantitative estimate of drug-likeness (QED) is 0.587. The zero-order chi connectivity index (χ0) is 16.6. The summed E-state index contributed by atoms with van der Waals surface area (Å²) in [5.74, 6) is -1.75. The summed E-state index contributed by atoms with van der Waals surface area (Å²) in [5.41, 5.74) is -4.78. The van der Waals surface area contributed by atoms with Gasteiger partial charge in [0.05, 0.1) is 21.1 Å². The monoisotopic (exact) mass is 430 g/mol. The molecule has 0 fully saturated rings. The van der Waals surface area contributed by atoms with Crippen LogP contribution in [-0.4, -0.2) is 11.1 Å². The summed E-state index contributed by atoms with van der Waals surface area (Å²) in [7, 11) is 0. The molecule has 0 aliphatic heterocycles. The fraction of sp³-hybridized carbons (Fsp3) is 0.300. The minimum absolute atomic E-state index is 0.110. The minimum Gasteiger partial charge on any atom is -0.481 e. The second kappa shape index (κ2) is 5.77. The molecule has 0 spiro atoms. The highest BCUT2D eigenvalue weighted by Crippen LogP contribution is 2.41. The summed E-state index contributed by atoms with van der Waals surface area (Å²) in [5, 5.41) is 8.51. The fourth-order valence-corrected chi connectivity index (χ4v) is 3.38. The van der Waals surface area contributed by atoms with Crippen molar-refractivity contribution in [1.82, 2.24) is 0 Å². The molecule has 1 rings (SSSR count). The van der Waals surface area contributed by atoms with E-state index in [0.29, 0.717) is 0 Å². The second-order valence-electron chi connectivity index (χ2n) is 3.78. The highest BCUT2D eigenvalue weighted by molar-refractivity contribution is 14.2. The number of carboxylic acids is 1. The van der Waals surface area contributed by atoms with Crippen molar-refractivity contribution >= 4 is 25.8 Å². The maximum atomic E-state index is 12.7. The van der Waals surface area contributed by atoms with E-state index in [2.05, 4.69) is 0 Å². The number of carboxylic acid groups (broad SMARTS) is 1. The van der Waals surface area contributed by atoms with Gasteiger partial charge in [0.25, 0.3) is 0 Å². The van der Waals surface area contributed by atoms with Gasteiger partial charge in [0.2, 0.25) is 0 Å². The van der Waals surface area contributed by atoms with Crippen LogP contribution >= 0.6 is 19.8 Å². The number of carbonyl (C=O) groups is 1. The fourth-order valence-electron chi connectivity index (χ4n) is 1.53. The molecule has 0 aliphatic rings. The zero-order valence-electron chi connectivity index (χ0n) is 9.68. The molecule has 0 aliphatic carbocycles. The first-order valence-electron chi connectivity index (χ1n) is 4.92. The molecular weight excluding hydrogens is 425 g/mol. The molecule has 1 N–H and O–H groups in total. The molecule has 118 valence electrons. The van der Waals surface area contributed by atoms with E-state index < -0.39 is 64.8 Å². The normalized spacial score (nSPS) is 12.7. The van der Waals surface area contributed by atoms with E-state index in [0.717, 1.165) is 0 Å². The van der Waals surface area contributed by atoms with Gasteiger partial charge in [-0.25, -0.2) is 6.14 Å². The molecule has 1 aromatic rings. The molecule has 0 bridgehead atoms. The first kappa shape index (κ1) is 17.7. The average molecular weight is 430 g/mol. The van der Waals surface area contributed by atoms with E-state index in [1.54, 1.807) is 0 Å². The molecule has 0 amide bonds. The van der Waals surface area contributed by atoms with Crippen LogP contribution < -0.4 is 0 Å². The van der Waals surface area contributed by atoms with Gasteiger partial charge in [-0.1, -0.05) is 0 Å². The standard InChI is InChI=1S/C10H5F6IO4/c11-9(12,13)5-1-4(2-7(18)19)8(17(20)21)6(3-5)10(14,15)16/h1,3H,2H2,(H,18,19). The van der Waals surface area contributed by atoms with Gasteiger partial charge in [0.15, 0.2) is 0 Å². The van der Waals surface area contributed by atoms with E-state index in [1.807, 2.05) is 0 Å². The highest BCUT2D eigenvalue weighted by atomic mass is 127. The van der Waals surface area contributed by atoms with Crippen LogP contribution in [0.25, 0.3) is 0 Å². The molecule has 1 aromatic carbocycles. The number of hydrogen-bond acceptors (Lipinski definition) is 3. The Labute approximate surface area is 119 Å². The Bertz CT molecular complexity index is 636. The van der Waals surface area contributed by atoms with E-state index in [9.17, 15) is 37.3 Å². The van der Waals surface area contributed by atoms with Crippen molar-refractivity contribution in [3.05, 3.63) is 32.4 Å². The van der Waals surface area contributed by atoms with Gasteiger partial charge in [-0.15, -0.1) is 0 Å². The van der Waals surface area contributed by atoms with Crippen LogP contribution in [0.2, 0.25) is 0 Å². The SMILES string of the molecule is O=C(O)Cc1cc(C(F)(F)F)cc(C(F)(F)F)c1I(=O)=O. The summed E-state index contributed by atoms with van der Waals surface area (Å²) in [6.07, 6.45) is -11.8. The van der Waals surface area contributed by atoms with Crippen molar-refractivity contribution in [2.45, 2.75) is 18.8 Å². The summed E-state index contributed by atoms with van der Waals surface area (Å²) < 4.78 is 96.4. The predicted molar refractivity (Wildman–Crippen MR) is 61.9 cm³/mol. The van der Waals surface area contributed by atoms with Gasteiger partial charge in [0, 0.05) is 0 Å².